The first-order valence-corrected chi connectivity index (χ1v) is 7.67. The molecule has 0 aromatic rings. The van der Waals surface area contributed by atoms with Crippen molar-refractivity contribution in [3.63, 3.8) is 0 Å². The lowest BCUT2D eigenvalue weighted by Gasteiger charge is -2.35. The van der Waals surface area contributed by atoms with Crippen LogP contribution in [0, 0.1) is 0 Å². The number of rotatable bonds is 4. The second-order valence-corrected chi connectivity index (χ2v) is 6.61. The molecule has 6 heteroatoms. The van der Waals surface area contributed by atoms with Crippen LogP contribution in [0.2, 0.25) is 0 Å². The minimum atomic E-state index is -3.06. The maximum atomic E-state index is 11.8. The molecule has 0 bridgehead atoms. The van der Waals surface area contributed by atoms with E-state index in [1.807, 2.05) is 0 Å². The molecule has 1 aliphatic rings. The topological polar surface area (TPSA) is 80.5 Å². The number of carbonyl (C=O) groups is 1. The minimum Gasteiger partial charge on any atom is -0.338 e. The molecule has 1 rings (SSSR count). The predicted octanol–water partition coefficient (Wildman–Crippen LogP) is -0.239. The molecular weight excluding hydrogens is 228 g/mol. The Labute approximate surface area is 96.9 Å². The summed E-state index contributed by atoms with van der Waals surface area (Å²) in [6, 6.07) is 0.0980. The molecule has 16 heavy (non-hydrogen) atoms. The molecule has 0 saturated carbocycles. The molecule has 1 amide bonds. The van der Waals surface area contributed by atoms with E-state index in [2.05, 4.69) is 0 Å². The second-order valence-electron chi connectivity index (χ2n) is 4.35. The number of carbonyl (C=O) groups excluding carboxylic acids is 1. The summed E-state index contributed by atoms with van der Waals surface area (Å²) < 4.78 is 21.9. The monoisotopic (exact) mass is 248 g/mol. The van der Waals surface area contributed by atoms with Gasteiger partial charge in [0.05, 0.1) is 5.75 Å². The lowest BCUT2D eigenvalue weighted by molar-refractivity contribution is -0.134. The van der Waals surface area contributed by atoms with Gasteiger partial charge in [0, 0.05) is 31.8 Å². The third kappa shape index (κ3) is 4.09. The summed E-state index contributed by atoms with van der Waals surface area (Å²) in [6.07, 6.45) is 4.24. The molecule has 1 aliphatic heterocycles. The van der Waals surface area contributed by atoms with Gasteiger partial charge in [-0.1, -0.05) is 0 Å². The van der Waals surface area contributed by atoms with Gasteiger partial charge in [0.25, 0.3) is 0 Å². The first-order chi connectivity index (χ1) is 7.44. The van der Waals surface area contributed by atoms with Gasteiger partial charge in [-0.15, -0.1) is 0 Å². The molecule has 2 N–H and O–H groups in total. The minimum absolute atomic E-state index is 0.0698. The highest BCUT2D eigenvalue weighted by Crippen LogP contribution is 2.17. The van der Waals surface area contributed by atoms with E-state index >= 15 is 0 Å². The molecule has 1 saturated heterocycles. The Morgan fingerprint density at radius 2 is 2.12 bits per heavy atom. The maximum Gasteiger partial charge on any atom is 0.223 e. The zero-order valence-electron chi connectivity index (χ0n) is 9.68. The summed E-state index contributed by atoms with van der Waals surface area (Å²) in [6.45, 7) is 1.18. The van der Waals surface area contributed by atoms with Gasteiger partial charge in [-0.05, 0) is 19.3 Å². The fourth-order valence-corrected chi connectivity index (χ4v) is 2.54. The molecule has 94 valence electrons. The van der Waals surface area contributed by atoms with Gasteiger partial charge in [-0.25, -0.2) is 8.42 Å². The van der Waals surface area contributed by atoms with Gasteiger partial charge in [0.15, 0.2) is 0 Å². The number of hydrogen-bond acceptors (Lipinski definition) is 4. The van der Waals surface area contributed by atoms with Crippen LogP contribution in [0.1, 0.15) is 25.7 Å². The van der Waals surface area contributed by atoms with E-state index in [-0.39, 0.29) is 24.1 Å². The third-order valence-electron chi connectivity index (χ3n) is 2.91. The Kier molecular flexibility index (Phi) is 4.73. The van der Waals surface area contributed by atoms with E-state index in [1.165, 1.54) is 0 Å². The van der Waals surface area contributed by atoms with Crippen LogP contribution in [0.15, 0.2) is 0 Å². The normalized spacial score (nSPS) is 22.1. The lowest BCUT2D eigenvalue weighted by Crippen LogP contribution is -2.47. The lowest BCUT2D eigenvalue weighted by atomic mass is 10.0. The summed E-state index contributed by atoms with van der Waals surface area (Å²) in [5.74, 6) is -0.153. The molecule has 5 nitrogen and oxygen atoms in total. The molecule has 1 fully saturated rings. The Hall–Kier alpha value is -0.620. The summed E-state index contributed by atoms with van der Waals surface area (Å²) in [4.78, 5) is 13.6. The largest absolute Gasteiger partial charge is 0.338 e. The molecule has 0 aromatic heterocycles. The van der Waals surface area contributed by atoms with Crippen LogP contribution in [0.5, 0.6) is 0 Å². The molecule has 0 aromatic carbocycles. The fraction of sp³-hybridized carbons (Fsp3) is 0.900. The van der Waals surface area contributed by atoms with Crippen LogP contribution in [-0.4, -0.2) is 50.4 Å². The molecule has 0 aliphatic carbocycles. The van der Waals surface area contributed by atoms with E-state index in [4.69, 9.17) is 5.73 Å². The Morgan fingerprint density at radius 1 is 1.44 bits per heavy atom. The van der Waals surface area contributed by atoms with E-state index in [9.17, 15) is 13.2 Å². The van der Waals surface area contributed by atoms with Crippen LogP contribution >= 0.6 is 0 Å². The molecule has 1 atom stereocenters. The van der Waals surface area contributed by atoms with Crippen LogP contribution in [0.25, 0.3) is 0 Å². The van der Waals surface area contributed by atoms with Crippen molar-refractivity contribution in [3.8, 4) is 0 Å². The summed E-state index contributed by atoms with van der Waals surface area (Å²) in [7, 11) is -3.06. The van der Waals surface area contributed by atoms with E-state index < -0.39 is 9.84 Å². The van der Waals surface area contributed by atoms with Gasteiger partial charge < -0.3 is 10.6 Å². The van der Waals surface area contributed by atoms with Gasteiger partial charge in [-0.3, -0.25) is 4.79 Å². The Morgan fingerprint density at radius 3 is 2.69 bits per heavy atom. The number of amides is 1. The predicted molar refractivity (Wildman–Crippen MR) is 62.7 cm³/mol. The zero-order valence-corrected chi connectivity index (χ0v) is 10.5. The fourth-order valence-electron chi connectivity index (χ4n) is 1.99. The number of nitrogens with zero attached hydrogens (tertiary/aromatic N) is 1. The van der Waals surface area contributed by atoms with Crippen LogP contribution < -0.4 is 5.73 Å². The SMILES string of the molecule is CS(=O)(=O)CCC(=O)N1CCCCC1CN. The van der Waals surface area contributed by atoms with E-state index in [1.54, 1.807) is 4.90 Å². The first kappa shape index (κ1) is 13.4. The zero-order chi connectivity index (χ0) is 12.2. The highest BCUT2D eigenvalue weighted by Gasteiger charge is 2.25. The number of nitrogens with two attached hydrogens (primary N) is 1. The quantitative estimate of drug-likeness (QED) is 0.744. The average molecular weight is 248 g/mol. The number of sulfone groups is 1. The Balaban J connectivity index is 2.51. The summed E-state index contributed by atoms with van der Waals surface area (Å²) in [5, 5.41) is 0. The summed E-state index contributed by atoms with van der Waals surface area (Å²) >= 11 is 0. The van der Waals surface area contributed by atoms with Crippen molar-refractivity contribution in [1.29, 1.82) is 0 Å². The average Bonchev–Trinajstić information content (AvgIpc) is 2.25. The van der Waals surface area contributed by atoms with Crippen LogP contribution in [-0.2, 0) is 14.6 Å². The van der Waals surface area contributed by atoms with Gasteiger partial charge in [-0.2, -0.15) is 0 Å². The van der Waals surface area contributed by atoms with E-state index in [0.717, 1.165) is 25.5 Å². The van der Waals surface area contributed by atoms with E-state index in [0.29, 0.717) is 13.1 Å². The van der Waals surface area contributed by atoms with Gasteiger partial charge in [0.1, 0.15) is 9.84 Å². The van der Waals surface area contributed by atoms with Crippen molar-refractivity contribution in [3.05, 3.63) is 0 Å². The smallest absolute Gasteiger partial charge is 0.223 e. The maximum absolute atomic E-state index is 11.8. The molecule has 0 spiro atoms. The van der Waals surface area contributed by atoms with Crippen molar-refractivity contribution < 1.29 is 13.2 Å². The Bertz CT molecular complexity index is 340. The molecule has 1 heterocycles. The van der Waals surface area contributed by atoms with Crippen LogP contribution in [0.4, 0.5) is 0 Å². The standard InChI is InChI=1S/C10H20N2O3S/c1-16(14,15)7-5-10(13)12-6-3-2-4-9(12)8-11/h9H,2-8,11H2,1H3. The van der Waals surface area contributed by atoms with Gasteiger partial charge in [0.2, 0.25) is 5.91 Å². The number of hydrogen-bond donors (Lipinski definition) is 1. The van der Waals surface area contributed by atoms with Crippen molar-refractivity contribution in [2.75, 3.05) is 25.1 Å². The third-order valence-corrected chi connectivity index (χ3v) is 3.85. The highest BCUT2D eigenvalue weighted by molar-refractivity contribution is 7.90. The number of likely N-dealkylation sites (tertiary alicyclic amines) is 1. The van der Waals surface area contributed by atoms with Crippen molar-refractivity contribution in [2.45, 2.75) is 31.7 Å². The second kappa shape index (κ2) is 5.63. The van der Waals surface area contributed by atoms with Gasteiger partial charge >= 0.3 is 0 Å². The first-order valence-electron chi connectivity index (χ1n) is 5.61. The molecule has 1 unspecified atom stereocenters. The summed E-state index contributed by atoms with van der Waals surface area (Å²) in [5.41, 5.74) is 5.60. The van der Waals surface area contributed by atoms with Crippen molar-refractivity contribution in [2.24, 2.45) is 5.73 Å². The van der Waals surface area contributed by atoms with Crippen LogP contribution in [0.3, 0.4) is 0 Å². The molecular formula is C10H20N2O3S. The van der Waals surface area contributed by atoms with Crippen molar-refractivity contribution in [1.82, 2.24) is 4.90 Å². The van der Waals surface area contributed by atoms with Crippen molar-refractivity contribution >= 4 is 15.7 Å². The molecule has 0 radical (unpaired) electrons. The number of piperidine rings is 1. The highest BCUT2D eigenvalue weighted by atomic mass is 32.2.